The van der Waals surface area contributed by atoms with E-state index in [1.54, 1.807) is 21.1 Å². The highest BCUT2D eigenvalue weighted by Gasteiger charge is 2.48. The quantitative estimate of drug-likeness (QED) is 0.0465. The van der Waals surface area contributed by atoms with E-state index in [1.165, 1.54) is 10.9 Å². The van der Waals surface area contributed by atoms with E-state index in [0.717, 1.165) is 23.0 Å². The van der Waals surface area contributed by atoms with Gasteiger partial charge in [0.1, 0.15) is 48.3 Å². The lowest BCUT2D eigenvalue weighted by molar-refractivity contribution is -0.154. The van der Waals surface area contributed by atoms with Gasteiger partial charge in [-0.15, -0.1) is 9.79 Å². The minimum Gasteiger partial charge on any atom is -0.497 e. The fourth-order valence-corrected chi connectivity index (χ4v) is 6.04. The van der Waals surface area contributed by atoms with Crippen molar-refractivity contribution in [3.8, 4) is 11.5 Å². The minimum atomic E-state index is -2.87. The van der Waals surface area contributed by atoms with Crippen molar-refractivity contribution in [2.24, 2.45) is 5.92 Å². The molecule has 1 aliphatic heterocycles. The number of aliphatic hydroxyl groups excluding tert-OH is 1. The molecule has 5 aromatic rings. The first-order valence-corrected chi connectivity index (χ1v) is 19.1. The number of rotatable bonds is 14. The first-order valence-electron chi connectivity index (χ1n) is 17.9. The van der Waals surface area contributed by atoms with Crippen molar-refractivity contribution in [3.05, 3.63) is 112 Å². The van der Waals surface area contributed by atoms with Crippen molar-refractivity contribution in [3.63, 3.8) is 0 Å². The third-order valence-corrected chi connectivity index (χ3v) is 8.65. The molecule has 3 aromatic carbocycles. The molecule has 3 heterocycles. The molecule has 0 spiro atoms. The number of nitrogens with zero attached hydrogens (tertiary/aromatic N) is 3. The van der Waals surface area contributed by atoms with Gasteiger partial charge in [-0.25, -0.2) is 9.78 Å². The maximum Gasteiger partial charge on any atom is 0.692 e. The van der Waals surface area contributed by atoms with E-state index < -0.39 is 56.5 Å². The monoisotopic (exact) mass is 824 g/mol. The fraction of sp³-hybridized carbons (Fsp3) is 0.359. The van der Waals surface area contributed by atoms with E-state index in [4.69, 9.17) is 48.5 Å². The Kier molecular flexibility index (Phi) is 16.5. The molecule has 19 heteroatoms. The number of nitrogens with two attached hydrogens (primary N) is 1. The van der Waals surface area contributed by atoms with Crippen LogP contribution < -0.4 is 20.8 Å². The van der Waals surface area contributed by atoms with E-state index in [2.05, 4.69) is 15.0 Å². The number of aldehydes is 1. The Balaban J connectivity index is 0.000000748. The zero-order chi connectivity index (χ0) is 42.4. The van der Waals surface area contributed by atoms with Crippen LogP contribution in [0.2, 0.25) is 0 Å². The normalized spacial score (nSPS) is 17.4. The Hall–Kier alpha value is -5.59. The maximum atomic E-state index is 12.6. The molecule has 0 radical (unpaired) electrons. The second-order valence-corrected chi connectivity index (χ2v) is 13.4. The minimum absolute atomic E-state index is 0.0123. The predicted molar refractivity (Wildman–Crippen MR) is 210 cm³/mol. The zero-order valence-corrected chi connectivity index (χ0v) is 33.4. The summed E-state index contributed by atoms with van der Waals surface area (Å²) in [6.07, 6.45) is -2.24. The second-order valence-electron chi connectivity index (χ2n) is 12.9. The molecule has 1 aliphatic rings. The highest BCUT2D eigenvalue weighted by atomic mass is 31.1. The van der Waals surface area contributed by atoms with Gasteiger partial charge < -0.3 is 44.1 Å². The number of aliphatic hydroxyl groups is 1. The molecule has 6 rings (SSSR count). The number of carbonyl (C=O) groups excluding carboxylic acids is 2. The summed E-state index contributed by atoms with van der Waals surface area (Å²) in [5.41, 5.74) is 6.59. The molecule has 6 N–H and O–H groups in total. The SMILES string of the molecule is CC(C)C=O.CCOC(=O)COC1C(O)[C@@H](COC(c2ccccc2)(c2ccc(OC)cc2)c2ccc(OC)cc2)O[C@H]1n1cnc2c(=O)[nH]c(N)nc21.O=[P+](O)O. The molecule has 0 saturated carbocycles. The third-order valence-electron chi connectivity index (χ3n) is 8.65. The van der Waals surface area contributed by atoms with Crippen LogP contribution in [0.15, 0.2) is 90.0 Å². The number of hydrogen-bond acceptors (Lipinski definition) is 14. The largest absolute Gasteiger partial charge is 0.692 e. The third kappa shape index (κ3) is 11.1. The lowest BCUT2D eigenvalue weighted by Gasteiger charge is -2.37. The smallest absolute Gasteiger partial charge is 0.497 e. The molecule has 4 atom stereocenters. The average molecular weight is 825 g/mol. The molecule has 1 saturated heterocycles. The number of anilines is 1. The summed E-state index contributed by atoms with van der Waals surface area (Å²) in [5.74, 6) is 0.785. The van der Waals surface area contributed by atoms with E-state index >= 15 is 0 Å². The molecule has 0 amide bonds. The lowest BCUT2D eigenvalue weighted by atomic mass is 9.80. The summed E-state index contributed by atoms with van der Waals surface area (Å²) < 4.78 is 45.4. The van der Waals surface area contributed by atoms with Gasteiger partial charge in [0.15, 0.2) is 17.4 Å². The number of nitrogens with one attached hydrogen (secondary N) is 1. The molecule has 310 valence electrons. The average Bonchev–Trinajstić information content (AvgIpc) is 3.78. The molecule has 0 bridgehead atoms. The Bertz CT molecular complexity index is 2100. The first-order chi connectivity index (χ1) is 27.8. The topological polar surface area (TPSA) is 257 Å². The van der Waals surface area contributed by atoms with Gasteiger partial charge in [0.05, 0.1) is 33.8 Å². The van der Waals surface area contributed by atoms with Gasteiger partial charge >= 0.3 is 14.2 Å². The number of imidazole rings is 1. The Morgan fingerprint density at radius 2 is 1.53 bits per heavy atom. The van der Waals surface area contributed by atoms with Crippen LogP contribution in [0.25, 0.3) is 11.2 Å². The van der Waals surface area contributed by atoms with Crippen LogP contribution in [0, 0.1) is 5.92 Å². The first kappa shape index (κ1) is 45.1. The summed E-state index contributed by atoms with van der Waals surface area (Å²) in [6, 6.07) is 24.7. The van der Waals surface area contributed by atoms with Crippen molar-refractivity contribution in [1.29, 1.82) is 0 Å². The standard InChI is InChI=1S/C35H37N5O9.C4H8O.HO3P/c1-4-46-27(41)19-47-30-29(42)26(49-33(30)40-20-37-28-31(40)38-34(36)39-32(28)43)18-48-35(21-8-6-5-7-9-21,22-10-14-24(44-2)15-11-22)23-12-16-25(45-3)17-13-23;1-4(2)3-5;1-4(2)3/h5-17,20,26,29-30,33,42H,4,18-19H2,1-3H3,(H3,36,38,39,43);3-4H,1-2H3;(H-,1,2,3)/p+1/t26-,29?,30?,33-;;/m1../s1. The van der Waals surface area contributed by atoms with Crippen LogP contribution in [-0.4, -0.2) is 99.0 Å². The van der Waals surface area contributed by atoms with Crippen LogP contribution in [0.5, 0.6) is 11.5 Å². The molecule has 58 heavy (non-hydrogen) atoms. The van der Waals surface area contributed by atoms with E-state index in [9.17, 15) is 19.5 Å². The number of esters is 1. The summed E-state index contributed by atoms with van der Waals surface area (Å²) in [5, 5.41) is 11.7. The van der Waals surface area contributed by atoms with Crippen LogP contribution in [-0.2, 0) is 38.7 Å². The number of aromatic amines is 1. The van der Waals surface area contributed by atoms with Crippen LogP contribution in [0.3, 0.4) is 0 Å². The van der Waals surface area contributed by atoms with Gasteiger partial charge in [-0.2, -0.15) is 4.98 Å². The fourth-order valence-electron chi connectivity index (χ4n) is 6.04. The van der Waals surface area contributed by atoms with Crippen molar-refractivity contribution in [1.82, 2.24) is 19.5 Å². The summed E-state index contributed by atoms with van der Waals surface area (Å²) in [7, 11) is 0.321. The van der Waals surface area contributed by atoms with Crippen molar-refractivity contribution >= 4 is 37.6 Å². The number of ether oxygens (including phenoxy) is 6. The van der Waals surface area contributed by atoms with Gasteiger partial charge in [-0.3, -0.25) is 14.3 Å². The van der Waals surface area contributed by atoms with Gasteiger partial charge in [0, 0.05) is 10.5 Å². The Labute approximate surface area is 334 Å². The maximum absolute atomic E-state index is 12.6. The zero-order valence-electron chi connectivity index (χ0n) is 32.5. The number of carbonyl (C=O) groups is 2. The van der Waals surface area contributed by atoms with Gasteiger partial charge in [0.25, 0.3) is 5.56 Å². The second kappa shape index (κ2) is 21.2. The number of H-pyrrole nitrogens is 1. The van der Waals surface area contributed by atoms with Crippen LogP contribution in [0.1, 0.15) is 43.7 Å². The number of methoxy groups -OCH3 is 2. The predicted octanol–water partition coefficient (Wildman–Crippen LogP) is 3.40. The molecule has 18 nitrogen and oxygen atoms in total. The number of nitrogen functional groups attached to an aromatic ring is 1. The number of fused-ring (bicyclic) bond motifs is 1. The van der Waals surface area contributed by atoms with E-state index in [-0.39, 0.29) is 36.2 Å². The molecule has 1 fully saturated rings. The van der Waals surface area contributed by atoms with Gasteiger partial charge in [-0.1, -0.05) is 68.4 Å². The highest BCUT2D eigenvalue weighted by Crippen LogP contribution is 2.43. The van der Waals surface area contributed by atoms with Crippen molar-refractivity contribution < 1.29 is 57.5 Å². The van der Waals surface area contributed by atoms with Crippen molar-refractivity contribution in [2.75, 3.05) is 39.8 Å². The molecule has 2 unspecified atom stereocenters. The van der Waals surface area contributed by atoms with Crippen LogP contribution >= 0.6 is 8.25 Å². The Morgan fingerprint density at radius 1 is 1.00 bits per heavy atom. The summed E-state index contributed by atoms with van der Waals surface area (Å²) in [4.78, 5) is 59.4. The molecular formula is C39H47N5O13P+. The summed E-state index contributed by atoms with van der Waals surface area (Å²) >= 11 is 0. The van der Waals surface area contributed by atoms with Crippen molar-refractivity contribution in [2.45, 2.75) is 50.9 Å². The Morgan fingerprint density at radius 3 is 2.03 bits per heavy atom. The molecule has 2 aromatic heterocycles. The molecule has 0 aliphatic carbocycles. The van der Waals surface area contributed by atoms with Crippen LogP contribution in [0.4, 0.5) is 5.95 Å². The van der Waals surface area contributed by atoms with E-state index in [1.807, 2.05) is 92.7 Å². The number of aromatic nitrogens is 4. The molecular weight excluding hydrogens is 777 g/mol. The number of hydrogen-bond donors (Lipinski definition) is 5. The summed E-state index contributed by atoms with van der Waals surface area (Å²) in [6.45, 7) is 4.93. The van der Waals surface area contributed by atoms with Gasteiger partial charge in [0.2, 0.25) is 5.95 Å². The van der Waals surface area contributed by atoms with E-state index in [0.29, 0.717) is 11.5 Å². The highest BCUT2D eigenvalue weighted by molar-refractivity contribution is 7.30. The van der Waals surface area contributed by atoms with Gasteiger partial charge in [-0.05, 0) is 47.9 Å². The lowest BCUT2D eigenvalue weighted by Crippen LogP contribution is -2.40. The number of benzene rings is 3.